The van der Waals surface area contributed by atoms with Crippen molar-refractivity contribution in [2.75, 3.05) is 6.61 Å². The number of guanidine groups is 1. The lowest BCUT2D eigenvalue weighted by Gasteiger charge is -2.04. The van der Waals surface area contributed by atoms with E-state index in [4.69, 9.17) is 16.2 Å². The number of ether oxygens (including phenoxy) is 1. The van der Waals surface area contributed by atoms with E-state index >= 15 is 0 Å². The molecule has 0 bridgehead atoms. The number of hydrogen-bond donors (Lipinski definition) is 2. The highest BCUT2D eigenvalue weighted by Gasteiger charge is 2.14. The van der Waals surface area contributed by atoms with E-state index in [9.17, 15) is 10.1 Å². The first kappa shape index (κ1) is 13.4. The van der Waals surface area contributed by atoms with E-state index in [1.807, 2.05) is 0 Å². The minimum absolute atomic E-state index is 0.134. The fraction of sp³-hybridized carbons (Fsp3) is 0.200. The third-order valence-corrected chi connectivity index (χ3v) is 1.86. The van der Waals surface area contributed by atoms with E-state index in [0.717, 1.165) is 0 Å². The van der Waals surface area contributed by atoms with E-state index < -0.39 is 4.92 Å². The molecule has 1 aromatic carbocycles. The minimum atomic E-state index is -0.525. The van der Waals surface area contributed by atoms with Crippen molar-refractivity contribution in [3.05, 3.63) is 33.9 Å². The zero-order valence-corrected chi connectivity index (χ0v) is 9.74. The number of nitrogens with zero attached hydrogens (tertiary/aromatic N) is 3. The third-order valence-electron chi connectivity index (χ3n) is 1.86. The standard InChI is InChI=1S/C10H13N5O3/c1-2-18-9-4-3-7(5-8(9)15(16)17)6-13-14-10(11)12/h3-6H,2H2,1H3,(H4,11,12,14)/b13-6-. The summed E-state index contributed by atoms with van der Waals surface area (Å²) in [5.41, 5.74) is 10.5. The van der Waals surface area contributed by atoms with Crippen LogP contribution < -0.4 is 16.2 Å². The normalized spacial score (nSPS) is 10.3. The summed E-state index contributed by atoms with van der Waals surface area (Å²) in [6, 6.07) is 4.44. The Hall–Kier alpha value is -2.64. The summed E-state index contributed by atoms with van der Waals surface area (Å²) in [5.74, 6) is 0.0215. The van der Waals surface area contributed by atoms with Crippen LogP contribution in [0.15, 0.2) is 28.4 Å². The molecule has 0 spiro atoms. The molecule has 0 aromatic heterocycles. The van der Waals surface area contributed by atoms with E-state index in [2.05, 4.69) is 10.2 Å². The molecule has 0 amide bonds. The van der Waals surface area contributed by atoms with Crippen LogP contribution in [0.5, 0.6) is 5.75 Å². The number of nitro benzene ring substituents is 1. The molecule has 1 rings (SSSR count). The van der Waals surface area contributed by atoms with Crippen molar-refractivity contribution in [1.82, 2.24) is 0 Å². The van der Waals surface area contributed by atoms with Gasteiger partial charge in [-0.3, -0.25) is 10.1 Å². The van der Waals surface area contributed by atoms with Crippen LogP contribution in [0.25, 0.3) is 0 Å². The molecule has 0 fully saturated rings. The highest BCUT2D eigenvalue weighted by atomic mass is 16.6. The highest BCUT2D eigenvalue weighted by molar-refractivity contribution is 5.83. The Morgan fingerprint density at radius 3 is 2.83 bits per heavy atom. The first-order chi connectivity index (χ1) is 8.54. The molecule has 8 nitrogen and oxygen atoms in total. The molecule has 0 atom stereocenters. The van der Waals surface area contributed by atoms with Crippen LogP contribution in [0.2, 0.25) is 0 Å². The van der Waals surface area contributed by atoms with Gasteiger partial charge in [0, 0.05) is 11.6 Å². The van der Waals surface area contributed by atoms with Crippen molar-refractivity contribution in [2.45, 2.75) is 6.92 Å². The molecule has 1 aromatic rings. The molecule has 0 heterocycles. The van der Waals surface area contributed by atoms with Gasteiger partial charge in [-0.15, -0.1) is 5.10 Å². The Morgan fingerprint density at radius 2 is 2.28 bits per heavy atom. The summed E-state index contributed by atoms with van der Waals surface area (Å²) in [6.45, 7) is 2.10. The first-order valence-electron chi connectivity index (χ1n) is 5.07. The Kier molecular flexibility index (Phi) is 4.61. The van der Waals surface area contributed by atoms with Gasteiger partial charge in [-0.25, -0.2) is 0 Å². The predicted octanol–water partition coefficient (Wildman–Crippen LogP) is 0.601. The Morgan fingerprint density at radius 1 is 1.56 bits per heavy atom. The second kappa shape index (κ2) is 6.18. The summed E-state index contributed by atoms with van der Waals surface area (Å²) in [7, 11) is 0. The Balaban J connectivity index is 3.03. The fourth-order valence-corrected chi connectivity index (χ4v) is 1.20. The number of benzene rings is 1. The van der Waals surface area contributed by atoms with Gasteiger partial charge in [-0.05, 0) is 19.1 Å². The average molecular weight is 251 g/mol. The average Bonchev–Trinajstić information content (AvgIpc) is 2.30. The second-order valence-corrected chi connectivity index (χ2v) is 3.19. The molecular weight excluding hydrogens is 238 g/mol. The van der Waals surface area contributed by atoms with Gasteiger partial charge >= 0.3 is 5.69 Å². The van der Waals surface area contributed by atoms with Crippen molar-refractivity contribution in [1.29, 1.82) is 0 Å². The summed E-state index contributed by atoms with van der Waals surface area (Å²) in [5, 5.41) is 17.8. The van der Waals surface area contributed by atoms with Gasteiger partial charge in [0.05, 0.1) is 17.7 Å². The molecule has 0 unspecified atom stereocenters. The quantitative estimate of drug-likeness (QED) is 0.342. The lowest BCUT2D eigenvalue weighted by atomic mass is 10.2. The van der Waals surface area contributed by atoms with Crippen molar-refractivity contribution < 1.29 is 9.66 Å². The molecule has 0 radical (unpaired) electrons. The molecule has 0 saturated carbocycles. The molecule has 0 saturated heterocycles. The lowest BCUT2D eigenvalue weighted by molar-refractivity contribution is -0.385. The Labute approximate surface area is 103 Å². The summed E-state index contributed by atoms with van der Waals surface area (Å²) in [4.78, 5) is 10.3. The summed E-state index contributed by atoms with van der Waals surface area (Å²) >= 11 is 0. The zero-order valence-electron chi connectivity index (χ0n) is 9.74. The van der Waals surface area contributed by atoms with E-state index in [1.165, 1.54) is 18.3 Å². The van der Waals surface area contributed by atoms with Crippen LogP contribution >= 0.6 is 0 Å². The second-order valence-electron chi connectivity index (χ2n) is 3.19. The van der Waals surface area contributed by atoms with Crippen LogP contribution in [0.3, 0.4) is 0 Å². The minimum Gasteiger partial charge on any atom is -0.487 e. The molecule has 8 heteroatoms. The molecule has 18 heavy (non-hydrogen) atoms. The van der Waals surface area contributed by atoms with Crippen molar-refractivity contribution >= 4 is 17.9 Å². The van der Waals surface area contributed by atoms with Gasteiger partial charge in [0.25, 0.3) is 0 Å². The van der Waals surface area contributed by atoms with Gasteiger partial charge in [0.2, 0.25) is 5.96 Å². The number of nitro groups is 1. The van der Waals surface area contributed by atoms with Crippen molar-refractivity contribution in [3.63, 3.8) is 0 Å². The van der Waals surface area contributed by atoms with Crippen LogP contribution in [0.4, 0.5) is 5.69 Å². The van der Waals surface area contributed by atoms with Gasteiger partial charge in [0.15, 0.2) is 5.75 Å². The molecule has 4 N–H and O–H groups in total. The third kappa shape index (κ3) is 3.74. The van der Waals surface area contributed by atoms with Gasteiger partial charge < -0.3 is 16.2 Å². The lowest BCUT2D eigenvalue weighted by Crippen LogP contribution is -2.21. The fourth-order valence-electron chi connectivity index (χ4n) is 1.20. The Bertz CT molecular complexity index is 494. The number of hydrogen-bond acceptors (Lipinski definition) is 5. The van der Waals surface area contributed by atoms with Crippen molar-refractivity contribution in [2.24, 2.45) is 21.7 Å². The maximum Gasteiger partial charge on any atom is 0.311 e. The summed E-state index contributed by atoms with van der Waals surface area (Å²) in [6.07, 6.45) is 1.31. The summed E-state index contributed by atoms with van der Waals surface area (Å²) < 4.78 is 5.14. The monoisotopic (exact) mass is 251 g/mol. The van der Waals surface area contributed by atoms with E-state index in [1.54, 1.807) is 13.0 Å². The van der Waals surface area contributed by atoms with E-state index in [-0.39, 0.29) is 17.4 Å². The molecule has 96 valence electrons. The molecule has 0 aliphatic rings. The van der Waals surface area contributed by atoms with E-state index in [0.29, 0.717) is 12.2 Å². The first-order valence-corrected chi connectivity index (χ1v) is 5.07. The van der Waals surface area contributed by atoms with Crippen molar-refractivity contribution in [3.8, 4) is 5.75 Å². The number of rotatable bonds is 5. The van der Waals surface area contributed by atoms with Crippen LogP contribution in [-0.2, 0) is 0 Å². The van der Waals surface area contributed by atoms with Crippen LogP contribution in [0.1, 0.15) is 12.5 Å². The van der Waals surface area contributed by atoms with Gasteiger partial charge in [-0.1, -0.05) is 0 Å². The largest absolute Gasteiger partial charge is 0.487 e. The zero-order chi connectivity index (χ0) is 13.5. The van der Waals surface area contributed by atoms with Gasteiger partial charge in [-0.2, -0.15) is 5.10 Å². The molecule has 0 aliphatic heterocycles. The van der Waals surface area contributed by atoms with Gasteiger partial charge in [0.1, 0.15) is 0 Å². The highest BCUT2D eigenvalue weighted by Crippen LogP contribution is 2.27. The smallest absolute Gasteiger partial charge is 0.311 e. The molecule has 0 aliphatic carbocycles. The van der Waals surface area contributed by atoms with Crippen LogP contribution in [-0.4, -0.2) is 23.7 Å². The predicted molar refractivity (Wildman–Crippen MR) is 67.7 cm³/mol. The molecular formula is C10H13N5O3. The maximum absolute atomic E-state index is 10.8. The maximum atomic E-state index is 10.8. The topological polar surface area (TPSA) is 129 Å². The number of nitrogens with two attached hydrogens (primary N) is 2. The van der Waals surface area contributed by atoms with Crippen LogP contribution in [0, 0.1) is 10.1 Å². The SMILES string of the molecule is CCOc1ccc(/C=N\N=C(N)N)cc1[N+](=O)[O-].